The first-order chi connectivity index (χ1) is 14.5. The maximum Gasteiger partial charge on any atom is 0.276 e. The molecule has 2 N–H and O–H groups in total. The second-order valence-corrected chi connectivity index (χ2v) is 9.55. The van der Waals surface area contributed by atoms with Gasteiger partial charge in [-0.05, 0) is 37.1 Å². The van der Waals surface area contributed by atoms with Crippen molar-refractivity contribution in [2.24, 2.45) is 5.92 Å². The van der Waals surface area contributed by atoms with Crippen molar-refractivity contribution in [1.29, 1.82) is 0 Å². The van der Waals surface area contributed by atoms with Gasteiger partial charge in [0, 0.05) is 54.0 Å². The lowest BCUT2D eigenvalue weighted by molar-refractivity contribution is -0.0285. The maximum absolute atomic E-state index is 14.8. The van der Waals surface area contributed by atoms with Gasteiger partial charge in [-0.2, -0.15) is 0 Å². The molecule has 1 aliphatic carbocycles. The summed E-state index contributed by atoms with van der Waals surface area (Å²) in [6, 6.07) is 13.0. The van der Waals surface area contributed by atoms with Gasteiger partial charge < -0.3 is 15.3 Å². The van der Waals surface area contributed by atoms with Crippen molar-refractivity contribution in [2.75, 3.05) is 44.2 Å². The fourth-order valence-electron chi connectivity index (χ4n) is 4.38. The number of β-amino-alcohol motifs (C(OH)–C–C–N with tert-alkyl or cyclic N) is 1. The Morgan fingerprint density at radius 2 is 1.77 bits per heavy atom. The van der Waals surface area contributed by atoms with Crippen LogP contribution in [-0.4, -0.2) is 55.4 Å². The number of aliphatic hydroxyl groups is 1. The topological polar surface area (TPSA) is 38.7 Å². The Morgan fingerprint density at radius 1 is 1.03 bits per heavy atom. The quantitative estimate of drug-likeness (QED) is 0.722. The standard InChI is InChI=1S/C23H27F2N3OS/c24-23(25,16-5-6-16)17-7-8-22-20(13-17)28(19-3-1-2-4-21(19)30-22)15-18(29)14-27-11-9-26-10-12-27/h1-4,7-8,13,16,18,26,29H,5-6,9-12,14-15H2. The third-order valence-electron chi connectivity index (χ3n) is 6.17. The van der Waals surface area contributed by atoms with Crippen molar-refractivity contribution in [3.63, 3.8) is 0 Å². The zero-order valence-corrected chi connectivity index (χ0v) is 17.7. The molecule has 1 atom stereocenters. The molecule has 2 heterocycles. The highest BCUT2D eigenvalue weighted by Gasteiger charge is 2.48. The van der Waals surface area contributed by atoms with Crippen molar-refractivity contribution < 1.29 is 13.9 Å². The number of nitrogens with one attached hydrogen (secondary N) is 1. The molecule has 1 saturated carbocycles. The molecule has 2 aliphatic heterocycles. The largest absolute Gasteiger partial charge is 0.390 e. The molecule has 0 bridgehead atoms. The molecule has 2 aromatic carbocycles. The Balaban J connectivity index is 1.44. The minimum absolute atomic E-state index is 0.0883. The molecule has 0 radical (unpaired) electrons. The van der Waals surface area contributed by atoms with Crippen molar-refractivity contribution >= 4 is 23.1 Å². The zero-order chi connectivity index (χ0) is 20.7. The van der Waals surface area contributed by atoms with Crippen molar-refractivity contribution in [3.05, 3.63) is 48.0 Å². The van der Waals surface area contributed by atoms with Crippen molar-refractivity contribution in [2.45, 2.75) is 34.7 Å². The lowest BCUT2D eigenvalue weighted by Gasteiger charge is -2.36. The summed E-state index contributed by atoms with van der Waals surface area (Å²) in [6.45, 7) is 4.65. The normalized spacial score (nSPS) is 20.6. The number of fused-ring (bicyclic) bond motifs is 2. The molecular weight excluding hydrogens is 404 g/mol. The van der Waals surface area contributed by atoms with Gasteiger partial charge in [-0.25, -0.2) is 8.78 Å². The lowest BCUT2D eigenvalue weighted by Crippen LogP contribution is -2.48. The van der Waals surface area contributed by atoms with Crippen LogP contribution >= 0.6 is 11.8 Å². The number of aliphatic hydroxyl groups excluding tert-OH is 1. The number of rotatable bonds is 6. The highest BCUT2D eigenvalue weighted by molar-refractivity contribution is 7.99. The molecular formula is C23H27F2N3OS. The van der Waals surface area contributed by atoms with Crippen LogP contribution in [0.15, 0.2) is 52.3 Å². The van der Waals surface area contributed by atoms with Gasteiger partial charge in [0.1, 0.15) is 0 Å². The molecule has 0 spiro atoms. The van der Waals surface area contributed by atoms with Crippen molar-refractivity contribution in [1.82, 2.24) is 10.2 Å². The Labute approximate surface area is 180 Å². The smallest absolute Gasteiger partial charge is 0.276 e. The molecule has 4 nitrogen and oxygen atoms in total. The van der Waals surface area contributed by atoms with E-state index in [0.29, 0.717) is 25.9 Å². The Morgan fingerprint density at radius 3 is 2.53 bits per heavy atom. The van der Waals surface area contributed by atoms with Crippen LogP contribution in [-0.2, 0) is 5.92 Å². The van der Waals surface area contributed by atoms with E-state index < -0.39 is 17.9 Å². The fourth-order valence-corrected chi connectivity index (χ4v) is 5.45. The molecule has 7 heteroatoms. The van der Waals surface area contributed by atoms with Crippen LogP contribution < -0.4 is 10.2 Å². The molecule has 160 valence electrons. The highest BCUT2D eigenvalue weighted by atomic mass is 32.2. The number of hydrogen-bond acceptors (Lipinski definition) is 5. The summed E-state index contributed by atoms with van der Waals surface area (Å²) >= 11 is 1.61. The van der Waals surface area contributed by atoms with Crippen LogP contribution in [0.25, 0.3) is 0 Å². The number of piperazine rings is 1. The van der Waals surface area contributed by atoms with Crippen LogP contribution in [0.2, 0.25) is 0 Å². The van der Waals surface area contributed by atoms with E-state index in [1.807, 2.05) is 35.2 Å². The van der Waals surface area contributed by atoms with Gasteiger partial charge in [0.2, 0.25) is 0 Å². The summed E-state index contributed by atoms with van der Waals surface area (Å²) in [5, 5.41) is 14.2. The van der Waals surface area contributed by atoms with E-state index >= 15 is 0 Å². The van der Waals surface area contributed by atoms with Gasteiger partial charge in [-0.1, -0.05) is 30.0 Å². The summed E-state index contributed by atoms with van der Waals surface area (Å²) in [6.07, 6.45) is 0.614. The molecule has 1 unspecified atom stereocenters. The number of nitrogens with zero attached hydrogens (tertiary/aromatic N) is 2. The van der Waals surface area contributed by atoms with Crippen LogP contribution in [0.4, 0.5) is 20.2 Å². The Bertz CT molecular complexity index is 915. The SMILES string of the molecule is OC(CN1CCNCC1)CN1c2ccccc2Sc2ccc(C(F)(F)C3CC3)cc21. The van der Waals surface area contributed by atoms with E-state index in [1.165, 1.54) is 0 Å². The van der Waals surface area contributed by atoms with Gasteiger partial charge in [-0.15, -0.1) is 0 Å². The molecule has 30 heavy (non-hydrogen) atoms. The Kier molecular flexibility index (Phi) is 5.47. The van der Waals surface area contributed by atoms with E-state index in [2.05, 4.69) is 10.2 Å². The summed E-state index contributed by atoms with van der Waals surface area (Å²) in [5.74, 6) is -3.33. The molecule has 0 amide bonds. The number of alkyl halides is 2. The van der Waals surface area contributed by atoms with Gasteiger partial charge in [0.15, 0.2) is 0 Å². The molecule has 2 fully saturated rings. The number of para-hydroxylation sites is 1. The van der Waals surface area contributed by atoms with E-state index in [1.54, 1.807) is 23.9 Å². The van der Waals surface area contributed by atoms with Crippen molar-refractivity contribution in [3.8, 4) is 0 Å². The van der Waals surface area contributed by atoms with Crippen LogP contribution in [0.3, 0.4) is 0 Å². The minimum Gasteiger partial charge on any atom is -0.390 e. The number of hydrogen-bond donors (Lipinski definition) is 2. The second-order valence-electron chi connectivity index (χ2n) is 8.46. The summed E-state index contributed by atoms with van der Waals surface area (Å²) in [7, 11) is 0. The molecule has 0 aromatic heterocycles. The number of benzene rings is 2. The summed E-state index contributed by atoms with van der Waals surface area (Å²) in [4.78, 5) is 6.32. The van der Waals surface area contributed by atoms with E-state index in [-0.39, 0.29) is 5.56 Å². The molecule has 1 saturated heterocycles. The van der Waals surface area contributed by atoms with E-state index in [0.717, 1.165) is 47.3 Å². The summed E-state index contributed by atoms with van der Waals surface area (Å²) < 4.78 is 29.6. The average Bonchev–Trinajstić information content (AvgIpc) is 3.60. The zero-order valence-electron chi connectivity index (χ0n) is 16.9. The number of anilines is 2. The maximum atomic E-state index is 14.8. The van der Waals surface area contributed by atoms with Crippen LogP contribution in [0.5, 0.6) is 0 Å². The monoisotopic (exact) mass is 431 g/mol. The minimum atomic E-state index is -2.79. The highest BCUT2D eigenvalue weighted by Crippen LogP contribution is 2.53. The fraction of sp³-hybridized carbons (Fsp3) is 0.478. The van der Waals surface area contributed by atoms with Crippen LogP contribution in [0.1, 0.15) is 18.4 Å². The number of halogens is 2. The Hall–Kier alpha value is -1.67. The predicted octanol–water partition coefficient (Wildman–Crippen LogP) is 4.06. The first kappa shape index (κ1) is 20.2. The third kappa shape index (κ3) is 3.96. The van der Waals surface area contributed by atoms with Crippen LogP contribution in [0, 0.1) is 5.92 Å². The van der Waals surface area contributed by atoms with Gasteiger partial charge >= 0.3 is 0 Å². The third-order valence-corrected chi connectivity index (χ3v) is 7.30. The molecule has 5 rings (SSSR count). The summed E-state index contributed by atoms with van der Waals surface area (Å²) in [5.41, 5.74) is 1.84. The first-order valence-corrected chi connectivity index (χ1v) is 11.5. The molecule has 3 aliphatic rings. The van der Waals surface area contributed by atoms with Gasteiger partial charge in [0.05, 0.1) is 24.0 Å². The van der Waals surface area contributed by atoms with Gasteiger partial charge in [0.25, 0.3) is 5.92 Å². The lowest BCUT2D eigenvalue weighted by atomic mass is 10.0. The van der Waals surface area contributed by atoms with E-state index in [9.17, 15) is 13.9 Å². The average molecular weight is 432 g/mol. The van der Waals surface area contributed by atoms with E-state index in [4.69, 9.17) is 0 Å². The predicted molar refractivity (Wildman–Crippen MR) is 116 cm³/mol. The first-order valence-electron chi connectivity index (χ1n) is 10.7. The second kappa shape index (κ2) is 8.11. The molecule has 2 aromatic rings. The van der Waals surface area contributed by atoms with Gasteiger partial charge in [-0.3, -0.25) is 4.90 Å².